The predicted octanol–water partition coefficient (Wildman–Crippen LogP) is 3.25. The molecule has 2 aromatic carbocycles. The lowest BCUT2D eigenvalue weighted by molar-refractivity contribution is 0.245. The zero-order valence-electron chi connectivity index (χ0n) is 14.6. The molecule has 1 aliphatic carbocycles. The summed E-state index contributed by atoms with van der Waals surface area (Å²) < 4.78 is 39.6. The van der Waals surface area contributed by atoms with E-state index in [-0.39, 0.29) is 10.3 Å². The van der Waals surface area contributed by atoms with Crippen LogP contribution in [0.5, 0.6) is 11.5 Å². The molecule has 5 nitrogen and oxygen atoms in total. The van der Waals surface area contributed by atoms with Gasteiger partial charge in [0, 0.05) is 24.4 Å². The Labute approximate surface area is 154 Å². The number of sulfonamides is 1. The summed E-state index contributed by atoms with van der Waals surface area (Å²) in [5, 5.41) is 0. The molecule has 0 saturated heterocycles. The quantitative estimate of drug-likeness (QED) is 0.874. The van der Waals surface area contributed by atoms with Crippen molar-refractivity contribution < 1.29 is 17.9 Å². The number of benzene rings is 2. The Balaban J connectivity index is 1.53. The highest BCUT2D eigenvalue weighted by atomic mass is 32.2. The molecule has 26 heavy (non-hydrogen) atoms. The normalized spacial score (nSPS) is 18.6. The summed E-state index contributed by atoms with van der Waals surface area (Å²) in [6.45, 7) is 1.52. The summed E-state index contributed by atoms with van der Waals surface area (Å²) in [7, 11) is -3.61. The monoisotopic (exact) mass is 373 g/mol. The average Bonchev–Trinajstić information content (AvgIpc) is 2.86. The van der Waals surface area contributed by atoms with Gasteiger partial charge in [-0.15, -0.1) is 0 Å². The summed E-state index contributed by atoms with van der Waals surface area (Å²) in [5.74, 6) is 1.09. The molecule has 0 bridgehead atoms. The van der Waals surface area contributed by atoms with Crippen molar-refractivity contribution in [3.8, 4) is 11.5 Å². The lowest BCUT2D eigenvalue weighted by Crippen LogP contribution is -2.45. The molecule has 1 heterocycles. The van der Waals surface area contributed by atoms with Crippen LogP contribution in [0.4, 0.5) is 0 Å². The predicted molar refractivity (Wildman–Crippen MR) is 99.2 cm³/mol. The third-order valence-electron chi connectivity index (χ3n) is 5.33. The highest BCUT2D eigenvalue weighted by molar-refractivity contribution is 7.89. The van der Waals surface area contributed by atoms with E-state index in [0.717, 1.165) is 25.7 Å². The minimum atomic E-state index is -3.61. The fourth-order valence-corrected chi connectivity index (χ4v) is 4.73. The summed E-state index contributed by atoms with van der Waals surface area (Å²) in [6, 6.07) is 15.0. The minimum absolute atomic E-state index is 0.0976. The van der Waals surface area contributed by atoms with Crippen LogP contribution in [0.25, 0.3) is 0 Å². The van der Waals surface area contributed by atoms with E-state index in [1.165, 1.54) is 5.56 Å². The summed E-state index contributed by atoms with van der Waals surface area (Å²) in [4.78, 5) is 0.212. The molecule has 2 aliphatic rings. The van der Waals surface area contributed by atoms with E-state index in [1.54, 1.807) is 18.2 Å². The van der Waals surface area contributed by atoms with Gasteiger partial charge in [0.25, 0.3) is 0 Å². The van der Waals surface area contributed by atoms with Crippen LogP contribution in [0.1, 0.15) is 31.2 Å². The SMILES string of the molecule is O=S(=O)(NCC1(c2ccccc2)CCC1)c1ccc2c(c1)OCCCO2. The summed E-state index contributed by atoms with van der Waals surface area (Å²) in [5.41, 5.74) is 1.10. The number of hydrogen-bond acceptors (Lipinski definition) is 4. The van der Waals surface area contributed by atoms with Gasteiger partial charge in [-0.2, -0.15) is 0 Å². The molecular weight excluding hydrogens is 350 g/mol. The van der Waals surface area contributed by atoms with E-state index in [0.29, 0.717) is 31.3 Å². The Kier molecular flexibility index (Phi) is 4.63. The topological polar surface area (TPSA) is 64.6 Å². The largest absolute Gasteiger partial charge is 0.490 e. The highest BCUT2D eigenvalue weighted by Crippen LogP contribution is 2.43. The van der Waals surface area contributed by atoms with Gasteiger partial charge in [0.05, 0.1) is 18.1 Å². The molecule has 1 fully saturated rings. The molecule has 0 spiro atoms. The van der Waals surface area contributed by atoms with Crippen molar-refractivity contribution in [2.24, 2.45) is 0 Å². The lowest BCUT2D eigenvalue weighted by atomic mass is 9.64. The van der Waals surface area contributed by atoms with Gasteiger partial charge in [0.2, 0.25) is 10.0 Å². The second-order valence-electron chi connectivity index (χ2n) is 6.98. The van der Waals surface area contributed by atoms with Crippen LogP contribution in [0.15, 0.2) is 53.4 Å². The molecule has 0 aromatic heterocycles. The Morgan fingerprint density at radius 2 is 1.65 bits per heavy atom. The van der Waals surface area contributed by atoms with E-state index >= 15 is 0 Å². The first-order valence-electron chi connectivity index (χ1n) is 9.04. The van der Waals surface area contributed by atoms with Crippen LogP contribution in [-0.4, -0.2) is 28.2 Å². The zero-order chi connectivity index (χ0) is 18.0. The molecule has 1 N–H and O–H groups in total. The number of nitrogens with one attached hydrogen (secondary N) is 1. The Morgan fingerprint density at radius 1 is 0.923 bits per heavy atom. The van der Waals surface area contributed by atoms with Gasteiger partial charge >= 0.3 is 0 Å². The Hall–Kier alpha value is -2.05. The fourth-order valence-electron chi connectivity index (χ4n) is 3.59. The number of fused-ring (bicyclic) bond motifs is 1. The van der Waals surface area contributed by atoms with Crippen LogP contribution in [0.2, 0.25) is 0 Å². The number of hydrogen-bond donors (Lipinski definition) is 1. The molecule has 1 saturated carbocycles. The molecule has 0 unspecified atom stereocenters. The maximum absolute atomic E-state index is 12.8. The first-order chi connectivity index (χ1) is 12.6. The molecule has 0 amide bonds. The third-order valence-corrected chi connectivity index (χ3v) is 6.73. The van der Waals surface area contributed by atoms with Gasteiger partial charge in [-0.1, -0.05) is 36.8 Å². The smallest absolute Gasteiger partial charge is 0.240 e. The van der Waals surface area contributed by atoms with Crippen LogP contribution >= 0.6 is 0 Å². The van der Waals surface area contributed by atoms with Crippen molar-refractivity contribution in [1.29, 1.82) is 0 Å². The van der Waals surface area contributed by atoms with Crippen molar-refractivity contribution in [2.45, 2.75) is 36.0 Å². The Morgan fingerprint density at radius 3 is 2.35 bits per heavy atom. The molecule has 4 rings (SSSR count). The van der Waals surface area contributed by atoms with Gasteiger partial charge in [-0.3, -0.25) is 0 Å². The van der Waals surface area contributed by atoms with Crippen LogP contribution in [0, 0.1) is 0 Å². The maximum atomic E-state index is 12.8. The van der Waals surface area contributed by atoms with E-state index in [2.05, 4.69) is 16.9 Å². The fraction of sp³-hybridized carbons (Fsp3) is 0.400. The molecule has 138 valence electrons. The zero-order valence-corrected chi connectivity index (χ0v) is 15.4. The third kappa shape index (κ3) is 3.31. The molecule has 2 aromatic rings. The van der Waals surface area contributed by atoms with Gasteiger partial charge in [0.1, 0.15) is 0 Å². The van der Waals surface area contributed by atoms with Gasteiger partial charge in [0.15, 0.2) is 11.5 Å². The van der Waals surface area contributed by atoms with Crippen molar-refractivity contribution in [3.63, 3.8) is 0 Å². The van der Waals surface area contributed by atoms with E-state index in [1.807, 2.05) is 18.2 Å². The van der Waals surface area contributed by atoms with Crippen molar-refractivity contribution in [3.05, 3.63) is 54.1 Å². The maximum Gasteiger partial charge on any atom is 0.240 e. The number of ether oxygens (including phenoxy) is 2. The highest BCUT2D eigenvalue weighted by Gasteiger charge is 2.39. The summed E-state index contributed by atoms with van der Waals surface area (Å²) in [6.07, 6.45) is 3.91. The first kappa shape index (κ1) is 17.4. The second-order valence-corrected chi connectivity index (χ2v) is 8.75. The van der Waals surface area contributed by atoms with Crippen LogP contribution < -0.4 is 14.2 Å². The average molecular weight is 373 g/mol. The molecule has 6 heteroatoms. The van der Waals surface area contributed by atoms with Crippen molar-refractivity contribution in [1.82, 2.24) is 4.72 Å². The van der Waals surface area contributed by atoms with E-state index < -0.39 is 10.0 Å². The van der Waals surface area contributed by atoms with Gasteiger partial charge in [-0.05, 0) is 30.5 Å². The van der Waals surface area contributed by atoms with Crippen LogP contribution in [0.3, 0.4) is 0 Å². The van der Waals surface area contributed by atoms with Crippen LogP contribution in [-0.2, 0) is 15.4 Å². The molecule has 1 aliphatic heterocycles. The number of rotatable bonds is 5. The molecule has 0 radical (unpaired) electrons. The summed E-state index contributed by atoms with van der Waals surface area (Å²) >= 11 is 0. The molecular formula is C20H23NO4S. The molecule has 0 atom stereocenters. The second kappa shape index (κ2) is 6.93. The first-order valence-corrected chi connectivity index (χ1v) is 10.5. The lowest BCUT2D eigenvalue weighted by Gasteiger charge is -2.42. The van der Waals surface area contributed by atoms with Gasteiger partial charge in [-0.25, -0.2) is 13.1 Å². The van der Waals surface area contributed by atoms with Gasteiger partial charge < -0.3 is 9.47 Å². The van der Waals surface area contributed by atoms with E-state index in [4.69, 9.17) is 9.47 Å². The van der Waals surface area contributed by atoms with Crippen molar-refractivity contribution in [2.75, 3.05) is 19.8 Å². The Bertz CT molecular complexity index is 876. The van der Waals surface area contributed by atoms with Crippen molar-refractivity contribution >= 4 is 10.0 Å². The van der Waals surface area contributed by atoms with E-state index in [9.17, 15) is 8.42 Å². The standard InChI is InChI=1S/C20H23NO4S/c22-26(23,17-8-9-18-19(14-17)25-13-5-12-24-18)21-15-20(10-4-11-20)16-6-2-1-3-7-16/h1-3,6-9,14,21H,4-5,10-13,15H2. The minimum Gasteiger partial charge on any atom is -0.490 e.